The first-order valence-electron chi connectivity index (χ1n) is 6.97. The number of piperidine rings is 1. The molecule has 0 aliphatic carbocycles. The smallest absolute Gasteiger partial charge is 0.224 e. The summed E-state index contributed by atoms with van der Waals surface area (Å²) in [6.45, 7) is 4.10. The van der Waals surface area contributed by atoms with Crippen molar-refractivity contribution < 1.29 is 4.79 Å². The quantitative estimate of drug-likeness (QED) is 0.902. The molecule has 0 unspecified atom stereocenters. The third-order valence-electron chi connectivity index (χ3n) is 3.48. The molecule has 1 fully saturated rings. The van der Waals surface area contributed by atoms with Crippen LogP contribution < -0.4 is 5.32 Å². The third-order valence-corrected chi connectivity index (χ3v) is 4.01. The van der Waals surface area contributed by atoms with Crippen molar-refractivity contribution >= 4 is 21.8 Å². The van der Waals surface area contributed by atoms with Gasteiger partial charge in [0.25, 0.3) is 0 Å². The van der Waals surface area contributed by atoms with E-state index in [1.54, 1.807) is 0 Å². The Morgan fingerprint density at radius 1 is 1.16 bits per heavy atom. The standard InChI is InChI=1S/C15H21BrN2O/c16-14-6-4-13(5-7-14)12-15(19)17-8-11-18-9-2-1-3-10-18/h4-7H,1-3,8-12H2,(H,17,19). The van der Waals surface area contributed by atoms with Crippen LogP contribution in [-0.2, 0) is 11.2 Å². The number of likely N-dealkylation sites (tertiary alicyclic amines) is 1. The van der Waals surface area contributed by atoms with Gasteiger partial charge in [-0.1, -0.05) is 34.5 Å². The molecule has 1 aliphatic heterocycles. The average molecular weight is 325 g/mol. The van der Waals surface area contributed by atoms with E-state index in [0.29, 0.717) is 6.42 Å². The number of carbonyl (C=O) groups excluding carboxylic acids is 1. The Morgan fingerprint density at radius 3 is 2.53 bits per heavy atom. The van der Waals surface area contributed by atoms with E-state index in [4.69, 9.17) is 0 Å². The van der Waals surface area contributed by atoms with E-state index < -0.39 is 0 Å². The number of amides is 1. The molecule has 0 atom stereocenters. The van der Waals surface area contributed by atoms with Crippen LogP contribution in [0.3, 0.4) is 0 Å². The second-order valence-electron chi connectivity index (χ2n) is 5.06. The van der Waals surface area contributed by atoms with Gasteiger partial charge in [0.15, 0.2) is 0 Å². The van der Waals surface area contributed by atoms with Crippen LogP contribution in [0, 0.1) is 0 Å². The highest BCUT2D eigenvalue weighted by Crippen LogP contribution is 2.11. The zero-order valence-corrected chi connectivity index (χ0v) is 12.8. The number of nitrogens with zero attached hydrogens (tertiary/aromatic N) is 1. The topological polar surface area (TPSA) is 32.3 Å². The van der Waals surface area contributed by atoms with Crippen molar-refractivity contribution in [3.8, 4) is 0 Å². The minimum absolute atomic E-state index is 0.110. The molecule has 0 aromatic heterocycles. The Morgan fingerprint density at radius 2 is 1.84 bits per heavy atom. The highest BCUT2D eigenvalue weighted by Gasteiger charge is 2.10. The summed E-state index contributed by atoms with van der Waals surface area (Å²) in [6.07, 6.45) is 4.42. The zero-order chi connectivity index (χ0) is 13.5. The van der Waals surface area contributed by atoms with Crippen molar-refractivity contribution in [1.82, 2.24) is 10.2 Å². The number of rotatable bonds is 5. The van der Waals surface area contributed by atoms with Crippen molar-refractivity contribution in [3.63, 3.8) is 0 Å². The maximum absolute atomic E-state index is 11.8. The molecule has 2 rings (SSSR count). The van der Waals surface area contributed by atoms with E-state index in [9.17, 15) is 4.79 Å². The van der Waals surface area contributed by atoms with Crippen LogP contribution in [0.4, 0.5) is 0 Å². The summed E-state index contributed by atoms with van der Waals surface area (Å²) < 4.78 is 1.04. The molecule has 19 heavy (non-hydrogen) atoms. The second kappa shape index (κ2) is 7.65. The molecule has 1 aliphatic rings. The molecule has 104 valence electrons. The van der Waals surface area contributed by atoms with E-state index >= 15 is 0 Å². The Balaban J connectivity index is 1.65. The van der Waals surface area contributed by atoms with E-state index in [0.717, 1.165) is 23.1 Å². The van der Waals surface area contributed by atoms with Gasteiger partial charge < -0.3 is 10.2 Å². The first-order valence-corrected chi connectivity index (χ1v) is 7.77. The van der Waals surface area contributed by atoms with Crippen molar-refractivity contribution in [2.75, 3.05) is 26.2 Å². The molecule has 1 aromatic carbocycles. The van der Waals surface area contributed by atoms with Gasteiger partial charge in [-0.15, -0.1) is 0 Å². The Kier molecular flexibility index (Phi) is 5.86. The summed E-state index contributed by atoms with van der Waals surface area (Å²) in [5.74, 6) is 0.110. The second-order valence-corrected chi connectivity index (χ2v) is 5.97. The van der Waals surface area contributed by atoms with E-state index in [1.165, 1.54) is 32.4 Å². The van der Waals surface area contributed by atoms with Gasteiger partial charge in [0.1, 0.15) is 0 Å². The van der Waals surface area contributed by atoms with Gasteiger partial charge in [-0.25, -0.2) is 0 Å². The van der Waals surface area contributed by atoms with Crippen LogP contribution in [0.5, 0.6) is 0 Å². The Labute approximate surface area is 123 Å². The van der Waals surface area contributed by atoms with Crippen molar-refractivity contribution in [2.45, 2.75) is 25.7 Å². The normalized spacial score (nSPS) is 16.3. The molecule has 1 amide bonds. The molecule has 1 saturated heterocycles. The monoisotopic (exact) mass is 324 g/mol. The lowest BCUT2D eigenvalue weighted by atomic mass is 10.1. The Bertz CT molecular complexity index is 399. The fourth-order valence-corrected chi connectivity index (χ4v) is 2.65. The molecule has 1 aromatic rings. The lowest BCUT2D eigenvalue weighted by molar-refractivity contribution is -0.120. The van der Waals surface area contributed by atoms with Crippen LogP contribution in [0.15, 0.2) is 28.7 Å². The predicted octanol–water partition coefficient (Wildman–Crippen LogP) is 2.59. The Hall–Kier alpha value is -0.870. The highest BCUT2D eigenvalue weighted by molar-refractivity contribution is 9.10. The van der Waals surface area contributed by atoms with Gasteiger partial charge in [-0.3, -0.25) is 4.79 Å². The molecule has 0 bridgehead atoms. The minimum Gasteiger partial charge on any atom is -0.355 e. The summed E-state index contributed by atoms with van der Waals surface area (Å²) in [7, 11) is 0. The lowest BCUT2D eigenvalue weighted by Crippen LogP contribution is -2.38. The maximum atomic E-state index is 11.8. The molecule has 0 spiro atoms. The van der Waals surface area contributed by atoms with Crippen molar-refractivity contribution in [1.29, 1.82) is 0 Å². The number of benzene rings is 1. The van der Waals surface area contributed by atoms with E-state index in [1.807, 2.05) is 24.3 Å². The summed E-state index contributed by atoms with van der Waals surface area (Å²) in [5, 5.41) is 3.00. The number of carbonyl (C=O) groups is 1. The van der Waals surface area contributed by atoms with Gasteiger partial charge in [0.05, 0.1) is 6.42 Å². The van der Waals surface area contributed by atoms with Crippen molar-refractivity contribution in [3.05, 3.63) is 34.3 Å². The fraction of sp³-hybridized carbons (Fsp3) is 0.533. The lowest BCUT2D eigenvalue weighted by Gasteiger charge is -2.26. The molecule has 0 saturated carbocycles. The summed E-state index contributed by atoms with van der Waals surface area (Å²) in [4.78, 5) is 14.2. The maximum Gasteiger partial charge on any atom is 0.224 e. The van der Waals surface area contributed by atoms with Crippen LogP contribution in [0.25, 0.3) is 0 Å². The zero-order valence-electron chi connectivity index (χ0n) is 11.2. The molecule has 1 heterocycles. The molecule has 3 nitrogen and oxygen atoms in total. The fourth-order valence-electron chi connectivity index (χ4n) is 2.39. The molecular formula is C15H21BrN2O. The predicted molar refractivity (Wildman–Crippen MR) is 81.1 cm³/mol. The number of hydrogen-bond donors (Lipinski definition) is 1. The van der Waals surface area contributed by atoms with Crippen molar-refractivity contribution in [2.24, 2.45) is 0 Å². The molecule has 4 heteroatoms. The summed E-state index contributed by atoms with van der Waals surface area (Å²) >= 11 is 3.39. The van der Waals surface area contributed by atoms with E-state index in [-0.39, 0.29) is 5.91 Å². The SMILES string of the molecule is O=C(Cc1ccc(Br)cc1)NCCN1CCCCC1. The van der Waals surface area contributed by atoms with Gasteiger partial charge in [-0.05, 0) is 43.6 Å². The van der Waals surface area contributed by atoms with Gasteiger partial charge in [-0.2, -0.15) is 0 Å². The third kappa shape index (κ3) is 5.33. The molecule has 1 N–H and O–H groups in total. The minimum atomic E-state index is 0.110. The van der Waals surface area contributed by atoms with Crippen LogP contribution in [0.1, 0.15) is 24.8 Å². The summed E-state index contributed by atoms with van der Waals surface area (Å²) in [6, 6.07) is 7.90. The number of hydrogen-bond acceptors (Lipinski definition) is 2. The highest BCUT2D eigenvalue weighted by atomic mass is 79.9. The largest absolute Gasteiger partial charge is 0.355 e. The van der Waals surface area contributed by atoms with Crippen LogP contribution in [0.2, 0.25) is 0 Å². The molecule has 0 radical (unpaired) electrons. The number of nitrogens with one attached hydrogen (secondary N) is 1. The van der Waals surface area contributed by atoms with Crippen LogP contribution >= 0.6 is 15.9 Å². The molecular weight excluding hydrogens is 304 g/mol. The number of halogens is 1. The van der Waals surface area contributed by atoms with Crippen LogP contribution in [-0.4, -0.2) is 37.0 Å². The van der Waals surface area contributed by atoms with E-state index in [2.05, 4.69) is 26.1 Å². The summed E-state index contributed by atoms with van der Waals surface area (Å²) in [5.41, 5.74) is 1.05. The first kappa shape index (κ1) is 14.5. The van der Waals surface area contributed by atoms with Gasteiger partial charge in [0, 0.05) is 17.6 Å². The van der Waals surface area contributed by atoms with Gasteiger partial charge >= 0.3 is 0 Å². The first-order chi connectivity index (χ1) is 9.24. The van der Waals surface area contributed by atoms with Gasteiger partial charge in [0.2, 0.25) is 5.91 Å². The average Bonchev–Trinajstić information content (AvgIpc) is 2.43.